The second kappa shape index (κ2) is 6.09. The number of hydrogen-bond donors (Lipinski definition) is 1. The van der Waals surface area contributed by atoms with Gasteiger partial charge in [-0.25, -0.2) is 0 Å². The first kappa shape index (κ1) is 14.6. The highest BCUT2D eigenvalue weighted by Crippen LogP contribution is 2.27. The number of rotatable bonds is 4. The Hall–Kier alpha value is -1.81. The highest BCUT2D eigenvalue weighted by molar-refractivity contribution is 7.12. The second-order valence-electron chi connectivity index (χ2n) is 5.00. The molecule has 1 aromatic carbocycles. The van der Waals surface area contributed by atoms with Gasteiger partial charge in [-0.15, -0.1) is 11.3 Å². The van der Waals surface area contributed by atoms with E-state index in [9.17, 15) is 4.79 Å². The van der Waals surface area contributed by atoms with E-state index in [1.165, 1.54) is 9.75 Å². The van der Waals surface area contributed by atoms with Gasteiger partial charge in [0.1, 0.15) is 0 Å². The fourth-order valence-corrected chi connectivity index (χ4v) is 3.04. The van der Waals surface area contributed by atoms with Crippen molar-refractivity contribution in [2.75, 3.05) is 12.8 Å². The zero-order valence-electron chi connectivity index (χ0n) is 12.1. The summed E-state index contributed by atoms with van der Waals surface area (Å²) in [7, 11) is 1.85. The molecule has 1 amide bonds. The van der Waals surface area contributed by atoms with Crippen LogP contribution in [0.1, 0.15) is 28.3 Å². The molecule has 2 rings (SSSR count). The molecular weight excluding hydrogens is 268 g/mol. The van der Waals surface area contributed by atoms with Crippen molar-refractivity contribution in [3.8, 4) is 0 Å². The minimum Gasteiger partial charge on any atom is -0.398 e. The number of para-hydroxylation sites is 1. The van der Waals surface area contributed by atoms with Crippen molar-refractivity contribution in [2.24, 2.45) is 0 Å². The van der Waals surface area contributed by atoms with Crippen LogP contribution in [0.25, 0.3) is 0 Å². The maximum atomic E-state index is 12.4. The predicted octanol–water partition coefficient (Wildman–Crippen LogP) is 3.40. The van der Waals surface area contributed by atoms with Gasteiger partial charge in [0.15, 0.2) is 0 Å². The van der Waals surface area contributed by atoms with Crippen LogP contribution >= 0.6 is 11.3 Å². The van der Waals surface area contributed by atoms with Gasteiger partial charge in [0.05, 0.1) is 12.5 Å². The van der Waals surface area contributed by atoms with Gasteiger partial charge < -0.3 is 10.6 Å². The minimum atomic E-state index is 0.0847. The zero-order valence-corrected chi connectivity index (χ0v) is 12.9. The second-order valence-corrected chi connectivity index (χ2v) is 6.32. The third-order valence-corrected chi connectivity index (χ3v) is 4.71. The number of nitrogens with two attached hydrogens (primary N) is 1. The van der Waals surface area contributed by atoms with Crippen LogP contribution in [0.3, 0.4) is 0 Å². The third-order valence-electron chi connectivity index (χ3n) is 3.54. The maximum Gasteiger partial charge on any atom is 0.227 e. The Bertz CT molecular complexity index is 606. The lowest BCUT2D eigenvalue weighted by Crippen LogP contribution is -2.30. The number of likely N-dealkylation sites (N-methyl/N-ethyl adjacent to an activating group) is 1. The minimum absolute atomic E-state index is 0.0847. The van der Waals surface area contributed by atoms with Crippen molar-refractivity contribution in [3.63, 3.8) is 0 Å². The van der Waals surface area contributed by atoms with Crippen LogP contribution in [0.15, 0.2) is 36.4 Å². The number of amides is 1. The number of anilines is 1. The number of hydrogen-bond acceptors (Lipinski definition) is 3. The fraction of sp³-hybridized carbons (Fsp3) is 0.312. The Morgan fingerprint density at radius 3 is 2.60 bits per heavy atom. The van der Waals surface area contributed by atoms with Crippen LogP contribution in [0.5, 0.6) is 0 Å². The molecule has 0 saturated heterocycles. The third kappa shape index (κ3) is 3.20. The summed E-state index contributed by atoms with van der Waals surface area (Å²) in [6, 6.07) is 11.8. The van der Waals surface area contributed by atoms with Crippen LogP contribution in [0.4, 0.5) is 5.69 Å². The van der Waals surface area contributed by atoms with Crippen LogP contribution in [0, 0.1) is 6.92 Å². The van der Waals surface area contributed by atoms with Gasteiger partial charge in [0, 0.05) is 22.5 Å². The SMILES string of the molecule is Cc1ccc(C(C)N(C)C(=O)Cc2ccccc2N)s1. The average Bonchev–Trinajstić information content (AvgIpc) is 2.86. The van der Waals surface area contributed by atoms with Gasteiger partial charge in [0.2, 0.25) is 5.91 Å². The first-order valence-corrected chi connectivity index (χ1v) is 7.46. The van der Waals surface area contributed by atoms with Gasteiger partial charge >= 0.3 is 0 Å². The van der Waals surface area contributed by atoms with E-state index in [0.717, 1.165) is 5.56 Å². The highest BCUT2D eigenvalue weighted by atomic mass is 32.1. The molecule has 1 heterocycles. The summed E-state index contributed by atoms with van der Waals surface area (Å²) in [5.41, 5.74) is 7.45. The van der Waals surface area contributed by atoms with E-state index >= 15 is 0 Å². The van der Waals surface area contributed by atoms with E-state index in [-0.39, 0.29) is 11.9 Å². The van der Waals surface area contributed by atoms with E-state index in [1.807, 2.05) is 31.3 Å². The Balaban J connectivity index is 2.07. The standard InChI is InChI=1S/C16H20N2OS/c1-11-8-9-15(20-11)12(2)18(3)16(19)10-13-6-4-5-7-14(13)17/h4-9,12H,10,17H2,1-3H3. The van der Waals surface area contributed by atoms with Gasteiger partial charge in [-0.05, 0) is 37.6 Å². The number of benzene rings is 1. The summed E-state index contributed by atoms with van der Waals surface area (Å²) in [6.07, 6.45) is 0.345. The molecule has 2 aromatic rings. The molecule has 0 aliphatic rings. The number of nitrogen functional groups attached to an aromatic ring is 1. The molecule has 1 aromatic heterocycles. The van der Waals surface area contributed by atoms with Gasteiger partial charge in [-0.3, -0.25) is 4.79 Å². The van der Waals surface area contributed by atoms with E-state index in [4.69, 9.17) is 5.73 Å². The molecule has 1 atom stereocenters. The van der Waals surface area contributed by atoms with Crippen molar-refractivity contribution in [1.29, 1.82) is 0 Å². The lowest BCUT2D eigenvalue weighted by atomic mass is 10.1. The van der Waals surface area contributed by atoms with Crippen molar-refractivity contribution in [1.82, 2.24) is 4.90 Å². The predicted molar refractivity (Wildman–Crippen MR) is 84.8 cm³/mol. The number of nitrogens with zero attached hydrogens (tertiary/aromatic N) is 1. The summed E-state index contributed by atoms with van der Waals surface area (Å²) in [5, 5.41) is 0. The van der Waals surface area contributed by atoms with E-state index in [1.54, 1.807) is 16.2 Å². The summed E-state index contributed by atoms with van der Waals surface area (Å²) in [6.45, 7) is 4.13. The van der Waals surface area contributed by atoms with Gasteiger partial charge in [-0.1, -0.05) is 18.2 Å². The lowest BCUT2D eigenvalue weighted by Gasteiger charge is -2.24. The molecule has 1 unspecified atom stereocenters. The molecule has 106 valence electrons. The van der Waals surface area contributed by atoms with Crippen molar-refractivity contribution in [3.05, 3.63) is 51.7 Å². The van der Waals surface area contributed by atoms with Crippen LogP contribution < -0.4 is 5.73 Å². The van der Waals surface area contributed by atoms with E-state index in [2.05, 4.69) is 26.0 Å². The summed E-state index contributed by atoms with van der Waals surface area (Å²) in [4.78, 5) is 16.6. The number of carbonyl (C=O) groups is 1. The Morgan fingerprint density at radius 1 is 1.30 bits per heavy atom. The molecule has 2 N–H and O–H groups in total. The molecule has 0 spiro atoms. The van der Waals surface area contributed by atoms with Crippen molar-refractivity contribution < 1.29 is 4.79 Å². The van der Waals surface area contributed by atoms with E-state index in [0.29, 0.717) is 12.1 Å². The first-order chi connectivity index (χ1) is 9.49. The van der Waals surface area contributed by atoms with Gasteiger partial charge in [-0.2, -0.15) is 0 Å². The molecule has 0 aliphatic heterocycles. The normalized spacial score (nSPS) is 12.2. The molecule has 0 bridgehead atoms. The zero-order chi connectivity index (χ0) is 14.7. The summed E-state index contributed by atoms with van der Waals surface area (Å²) >= 11 is 1.73. The highest BCUT2D eigenvalue weighted by Gasteiger charge is 2.19. The number of thiophene rings is 1. The average molecular weight is 288 g/mol. The van der Waals surface area contributed by atoms with Crippen LogP contribution in [-0.2, 0) is 11.2 Å². The summed E-state index contributed by atoms with van der Waals surface area (Å²) in [5.74, 6) is 0.0847. The Morgan fingerprint density at radius 2 is 2.00 bits per heavy atom. The van der Waals surface area contributed by atoms with Crippen LogP contribution in [-0.4, -0.2) is 17.9 Å². The molecule has 0 radical (unpaired) electrons. The van der Waals surface area contributed by atoms with Crippen molar-refractivity contribution in [2.45, 2.75) is 26.3 Å². The maximum absolute atomic E-state index is 12.4. The smallest absolute Gasteiger partial charge is 0.227 e. The van der Waals surface area contributed by atoms with Gasteiger partial charge in [0.25, 0.3) is 0 Å². The summed E-state index contributed by atoms with van der Waals surface area (Å²) < 4.78 is 0. The molecule has 3 nitrogen and oxygen atoms in total. The fourth-order valence-electron chi connectivity index (χ4n) is 2.07. The largest absolute Gasteiger partial charge is 0.398 e. The molecular formula is C16H20N2OS. The first-order valence-electron chi connectivity index (χ1n) is 6.64. The molecule has 0 saturated carbocycles. The molecule has 20 heavy (non-hydrogen) atoms. The molecule has 4 heteroatoms. The van der Waals surface area contributed by atoms with E-state index < -0.39 is 0 Å². The Labute approximate surface area is 124 Å². The monoisotopic (exact) mass is 288 g/mol. The quantitative estimate of drug-likeness (QED) is 0.876. The molecule has 0 fully saturated rings. The van der Waals surface area contributed by atoms with Crippen molar-refractivity contribution >= 4 is 22.9 Å². The molecule has 0 aliphatic carbocycles. The number of aryl methyl sites for hydroxylation is 1. The van der Waals surface area contributed by atoms with Crippen LogP contribution in [0.2, 0.25) is 0 Å². The number of carbonyl (C=O) groups excluding carboxylic acids is 1. The Kier molecular flexibility index (Phi) is 4.45. The topological polar surface area (TPSA) is 46.3 Å². The lowest BCUT2D eigenvalue weighted by molar-refractivity contribution is -0.131.